The van der Waals surface area contributed by atoms with E-state index in [1.54, 1.807) is 6.08 Å². The van der Waals surface area contributed by atoms with E-state index in [0.717, 1.165) is 0 Å². The zero-order valence-electron chi connectivity index (χ0n) is 11.7. The van der Waals surface area contributed by atoms with Gasteiger partial charge in [0.25, 0.3) is 0 Å². The van der Waals surface area contributed by atoms with Gasteiger partial charge in [-0.3, -0.25) is 0 Å². The van der Waals surface area contributed by atoms with Crippen molar-refractivity contribution in [2.75, 3.05) is 0 Å². The van der Waals surface area contributed by atoms with E-state index in [-0.39, 0.29) is 5.41 Å². The van der Waals surface area contributed by atoms with Crippen LogP contribution in [0.15, 0.2) is 36.0 Å². The standard InChI is InChI=1S/C16H26O/c1-6-10-16(5,17)12-9-14-13(2)8-7-11-15(14,3)4/h6,9,12,17H,1,7-8,10-11H2,2-5H3. The van der Waals surface area contributed by atoms with Gasteiger partial charge in [0.1, 0.15) is 0 Å². The van der Waals surface area contributed by atoms with E-state index >= 15 is 0 Å². The minimum atomic E-state index is -0.775. The monoisotopic (exact) mass is 234 g/mol. The third-order valence-electron chi connectivity index (χ3n) is 3.71. The van der Waals surface area contributed by atoms with Gasteiger partial charge in [0.2, 0.25) is 0 Å². The maximum atomic E-state index is 10.1. The SMILES string of the molecule is C=CCC(C)(O)C=CC1=C(C)CCCC1(C)C. The lowest BCUT2D eigenvalue weighted by Gasteiger charge is -2.33. The first-order chi connectivity index (χ1) is 7.78. The van der Waals surface area contributed by atoms with Crippen LogP contribution in [0.4, 0.5) is 0 Å². The summed E-state index contributed by atoms with van der Waals surface area (Å²) in [6, 6.07) is 0. The average Bonchev–Trinajstić information content (AvgIpc) is 2.15. The van der Waals surface area contributed by atoms with Crippen molar-refractivity contribution in [3.05, 3.63) is 36.0 Å². The molecule has 1 unspecified atom stereocenters. The van der Waals surface area contributed by atoms with Crippen molar-refractivity contribution < 1.29 is 5.11 Å². The Bertz CT molecular complexity index is 343. The van der Waals surface area contributed by atoms with E-state index in [9.17, 15) is 5.11 Å². The molecule has 0 spiro atoms. The van der Waals surface area contributed by atoms with E-state index in [1.165, 1.54) is 30.4 Å². The van der Waals surface area contributed by atoms with Crippen LogP contribution in [0.1, 0.15) is 53.4 Å². The van der Waals surface area contributed by atoms with Gasteiger partial charge in [-0.15, -0.1) is 6.58 Å². The molecule has 0 saturated carbocycles. The summed E-state index contributed by atoms with van der Waals surface area (Å²) in [5.74, 6) is 0. The van der Waals surface area contributed by atoms with Gasteiger partial charge in [-0.1, -0.05) is 37.6 Å². The zero-order chi connectivity index (χ0) is 13.1. The Morgan fingerprint density at radius 2 is 2.12 bits per heavy atom. The topological polar surface area (TPSA) is 20.2 Å². The van der Waals surface area contributed by atoms with Crippen molar-refractivity contribution in [3.63, 3.8) is 0 Å². The van der Waals surface area contributed by atoms with Crippen molar-refractivity contribution in [1.82, 2.24) is 0 Å². The predicted molar refractivity (Wildman–Crippen MR) is 74.9 cm³/mol. The van der Waals surface area contributed by atoms with Crippen LogP contribution in [0.5, 0.6) is 0 Å². The molecule has 0 amide bonds. The molecule has 17 heavy (non-hydrogen) atoms. The van der Waals surface area contributed by atoms with Crippen LogP contribution >= 0.6 is 0 Å². The lowest BCUT2D eigenvalue weighted by Crippen LogP contribution is -2.22. The molecule has 1 aliphatic carbocycles. The summed E-state index contributed by atoms with van der Waals surface area (Å²) >= 11 is 0. The number of aliphatic hydroxyl groups is 1. The fraction of sp³-hybridized carbons (Fsp3) is 0.625. The summed E-state index contributed by atoms with van der Waals surface area (Å²) in [4.78, 5) is 0. The molecule has 1 heteroatoms. The van der Waals surface area contributed by atoms with E-state index in [0.29, 0.717) is 6.42 Å². The first-order valence-corrected chi connectivity index (χ1v) is 6.51. The molecule has 1 aliphatic rings. The molecule has 96 valence electrons. The highest BCUT2D eigenvalue weighted by atomic mass is 16.3. The van der Waals surface area contributed by atoms with Crippen LogP contribution < -0.4 is 0 Å². The van der Waals surface area contributed by atoms with Crippen molar-refractivity contribution >= 4 is 0 Å². The predicted octanol–water partition coefficient (Wildman–Crippen LogP) is 4.40. The normalized spacial score (nSPS) is 23.8. The van der Waals surface area contributed by atoms with Gasteiger partial charge in [-0.2, -0.15) is 0 Å². The van der Waals surface area contributed by atoms with Crippen LogP contribution in [0.3, 0.4) is 0 Å². The average molecular weight is 234 g/mol. The Balaban J connectivity index is 2.92. The highest BCUT2D eigenvalue weighted by Gasteiger charge is 2.27. The second kappa shape index (κ2) is 5.22. The van der Waals surface area contributed by atoms with Crippen LogP contribution in [0, 0.1) is 5.41 Å². The maximum absolute atomic E-state index is 10.1. The lowest BCUT2D eigenvalue weighted by molar-refractivity contribution is 0.115. The van der Waals surface area contributed by atoms with Crippen LogP contribution in [-0.2, 0) is 0 Å². The fourth-order valence-electron chi connectivity index (χ4n) is 2.63. The summed E-state index contributed by atoms with van der Waals surface area (Å²) in [5, 5.41) is 10.1. The summed E-state index contributed by atoms with van der Waals surface area (Å²) in [6.45, 7) is 12.3. The van der Waals surface area contributed by atoms with Crippen molar-refractivity contribution in [2.45, 2.75) is 59.0 Å². The molecule has 0 aromatic heterocycles. The number of hydrogen-bond acceptors (Lipinski definition) is 1. The molecule has 1 atom stereocenters. The van der Waals surface area contributed by atoms with Gasteiger partial charge in [-0.25, -0.2) is 0 Å². The molecular weight excluding hydrogens is 208 g/mol. The molecule has 1 rings (SSSR count). The summed E-state index contributed by atoms with van der Waals surface area (Å²) < 4.78 is 0. The van der Waals surface area contributed by atoms with Gasteiger partial charge >= 0.3 is 0 Å². The fourth-order valence-corrected chi connectivity index (χ4v) is 2.63. The Morgan fingerprint density at radius 3 is 2.65 bits per heavy atom. The third kappa shape index (κ3) is 3.85. The zero-order valence-corrected chi connectivity index (χ0v) is 11.7. The number of allylic oxidation sites excluding steroid dienone is 3. The molecular formula is C16H26O. The van der Waals surface area contributed by atoms with Gasteiger partial charge in [0.15, 0.2) is 0 Å². The molecule has 0 fully saturated rings. The minimum Gasteiger partial charge on any atom is -0.386 e. The smallest absolute Gasteiger partial charge is 0.0836 e. The van der Waals surface area contributed by atoms with Crippen molar-refractivity contribution in [2.24, 2.45) is 5.41 Å². The van der Waals surface area contributed by atoms with Crippen LogP contribution in [0.2, 0.25) is 0 Å². The second-order valence-corrected chi connectivity index (χ2v) is 6.11. The Morgan fingerprint density at radius 1 is 1.47 bits per heavy atom. The minimum absolute atomic E-state index is 0.239. The largest absolute Gasteiger partial charge is 0.386 e. The maximum Gasteiger partial charge on any atom is 0.0836 e. The first kappa shape index (κ1) is 14.2. The quantitative estimate of drug-likeness (QED) is 0.715. The Labute approximate surface area is 106 Å². The molecule has 0 saturated heterocycles. The molecule has 0 aliphatic heterocycles. The number of rotatable bonds is 4. The van der Waals surface area contributed by atoms with Crippen molar-refractivity contribution in [1.29, 1.82) is 0 Å². The summed E-state index contributed by atoms with van der Waals surface area (Å²) in [7, 11) is 0. The molecule has 0 bridgehead atoms. The third-order valence-corrected chi connectivity index (χ3v) is 3.71. The Kier molecular flexibility index (Phi) is 4.37. The second-order valence-electron chi connectivity index (χ2n) is 6.11. The Hall–Kier alpha value is -0.820. The molecule has 0 aromatic carbocycles. The number of hydrogen-bond donors (Lipinski definition) is 1. The lowest BCUT2D eigenvalue weighted by atomic mass is 9.72. The molecule has 0 heterocycles. The molecule has 0 radical (unpaired) electrons. The summed E-state index contributed by atoms with van der Waals surface area (Å²) in [5.41, 5.74) is 2.33. The van der Waals surface area contributed by atoms with Crippen LogP contribution in [-0.4, -0.2) is 10.7 Å². The van der Waals surface area contributed by atoms with Crippen molar-refractivity contribution in [3.8, 4) is 0 Å². The van der Waals surface area contributed by atoms with E-state index in [2.05, 4.69) is 33.4 Å². The molecule has 1 nitrogen and oxygen atoms in total. The van der Waals surface area contributed by atoms with E-state index in [1.807, 2.05) is 13.0 Å². The molecule has 1 N–H and O–H groups in total. The highest BCUT2D eigenvalue weighted by Crippen LogP contribution is 2.40. The summed E-state index contributed by atoms with van der Waals surface area (Å²) in [6.07, 6.45) is 10.1. The van der Waals surface area contributed by atoms with Gasteiger partial charge < -0.3 is 5.11 Å². The van der Waals surface area contributed by atoms with E-state index < -0.39 is 5.60 Å². The van der Waals surface area contributed by atoms with Gasteiger partial charge in [-0.05, 0) is 50.5 Å². The highest BCUT2D eigenvalue weighted by molar-refractivity contribution is 5.33. The van der Waals surface area contributed by atoms with Gasteiger partial charge in [0.05, 0.1) is 5.60 Å². The van der Waals surface area contributed by atoms with Gasteiger partial charge in [0, 0.05) is 0 Å². The molecule has 0 aromatic rings. The first-order valence-electron chi connectivity index (χ1n) is 6.51. The van der Waals surface area contributed by atoms with Crippen LogP contribution in [0.25, 0.3) is 0 Å². The van der Waals surface area contributed by atoms with E-state index in [4.69, 9.17) is 0 Å².